The zero-order chi connectivity index (χ0) is 21.3. The van der Waals surface area contributed by atoms with Crippen molar-refractivity contribution in [2.45, 2.75) is 19.9 Å². The quantitative estimate of drug-likeness (QED) is 0.470. The van der Waals surface area contributed by atoms with Crippen molar-refractivity contribution in [2.24, 2.45) is 0 Å². The topological polar surface area (TPSA) is 86.1 Å². The second-order valence-corrected chi connectivity index (χ2v) is 7.87. The number of esters is 1. The van der Waals surface area contributed by atoms with Crippen LogP contribution in [0.3, 0.4) is 0 Å². The molecule has 3 aromatic heterocycles. The molecule has 1 aromatic carbocycles. The van der Waals surface area contributed by atoms with E-state index in [-0.39, 0.29) is 11.9 Å². The Kier molecular flexibility index (Phi) is 5.33. The maximum atomic E-state index is 13.2. The van der Waals surface area contributed by atoms with Gasteiger partial charge in [0.05, 0.1) is 35.6 Å². The lowest BCUT2D eigenvalue weighted by Crippen LogP contribution is -2.15. The first-order chi connectivity index (χ1) is 14.5. The molecule has 0 bridgehead atoms. The van der Waals surface area contributed by atoms with Crippen LogP contribution in [0.15, 0.2) is 54.0 Å². The molecule has 7 nitrogen and oxygen atoms in total. The minimum absolute atomic E-state index is 0.0831. The molecule has 0 unspecified atom stereocenters. The molecule has 0 saturated heterocycles. The molecule has 0 atom stereocenters. The van der Waals surface area contributed by atoms with Crippen LogP contribution in [0, 0.1) is 0 Å². The van der Waals surface area contributed by atoms with E-state index in [0.717, 1.165) is 5.56 Å². The van der Waals surface area contributed by atoms with Gasteiger partial charge in [-0.15, -0.1) is 11.3 Å². The van der Waals surface area contributed by atoms with E-state index >= 15 is 0 Å². The maximum Gasteiger partial charge on any atom is 0.350 e. The van der Waals surface area contributed by atoms with Crippen LogP contribution >= 0.6 is 11.3 Å². The van der Waals surface area contributed by atoms with E-state index in [9.17, 15) is 9.59 Å². The first-order valence-corrected chi connectivity index (χ1v) is 10.3. The smallest absolute Gasteiger partial charge is 0.350 e. The molecule has 0 spiro atoms. The second kappa shape index (κ2) is 8.08. The molecular weight excluding hydrogens is 400 g/mol. The van der Waals surface area contributed by atoms with Crippen LogP contribution in [0.1, 0.15) is 39.9 Å². The van der Waals surface area contributed by atoms with Crippen molar-refractivity contribution in [1.29, 1.82) is 0 Å². The Bertz CT molecular complexity index is 1230. The first-order valence-electron chi connectivity index (χ1n) is 9.40. The summed E-state index contributed by atoms with van der Waals surface area (Å²) in [6, 6.07) is 13.2. The Labute approximate surface area is 177 Å². The van der Waals surface area contributed by atoms with Crippen molar-refractivity contribution in [3.8, 4) is 11.3 Å². The Balaban J connectivity index is 1.82. The highest BCUT2D eigenvalue weighted by Gasteiger charge is 2.21. The van der Waals surface area contributed by atoms with Crippen molar-refractivity contribution >= 4 is 39.9 Å². The number of amides is 1. The SMILES string of the molecule is COC(=O)c1sccc1NC(=O)c1cc(-c2ccccc2)nc2c1cnn2C(C)C. The number of hydrogen-bond donors (Lipinski definition) is 1. The Morgan fingerprint density at radius 1 is 1.17 bits per heavy atom. The molecule has 1 amide bonds. The Hall–Kier alpha value is -3.52. The van der Waals surface area contributed by atoms with Gasteiger partial charge in [-0.1, -0.05) is 30.3 Å². The van der Waals surface area contributed by atoms with Gasteiger partial charge >= 0.3 is 5.97 Å². The summed E-state index contributed by atoms with van der Waals surface area (Å²) in [5, 5.41) is 9.65. The lowest BCUT2D eigenvalue weighted by atomic mass is 10.1. The number of nitrogens with zero attached hydrogens (tertiary/aromatic N) is 3. The predicted molar refractivity (Wildman–Crippen MR) is 117 cm³/mol. The fraction of sp³-hybridized carbons (Fsp3) is 0.182. The number of carbonyl (C=O) groups excluding carboxylic acids is 2. The van der Waals surface area contributed by atoms with Gasteiger partial charge < -0.3 is 10.1 Å². The minimum atomic E-state index is -0.488. The highest BCUT2D eigenvalue weighted by molar-refractivity contribution is 7.12. The molecule has 0 aliphatic carbocycles. The fourth-order valence-electron chi connectivity index (χ4n) is 3.19. The van der Waals surface area contributed by atoms with E-state index in [1.165, 1.54) is 18.4 Å². The number of pyridine rings is 1. The zero-order valence-electron chi connectivity index (χ0n) is 16.7. The first kappa shape index (κ1) is 19.8. The van der Waals surface area contributed by atoms with Crippen LogP contribution < -0.4 is 5.32 Å². The average molecular weight is 420 g/mol. The third-order valence-electron chi connectivity index (χ3n) is 4.65. The van der Waals surface area contributed by atoms with Gasteiger partial charge in [-0.05, 0) is 31.4 Å². The van der Waals surface area contributed by atoms with E-state index in [1.54, 1.807) is 28.4 Å². The fourth-order valence-corrected chi connectivity index (χ4v) is 3.95. The lowest BCUT2D eigenvalue weighted by molar-refractivity contribution is 0.0607. The normalized spacial score (nSPS) is 11.1. The van der Waals surface area contributed by atoms with Crippen LogP contribution in [0.25, 0.3) is 22.3 Å². The average Bonchev–Trinajstić information content (AvgIpc) is 3.40. The van der Waals surface area contributed by atoms with Gasteiger partial charge in [0.2, 0.25) is 0 Å². The number of carbonyl (C=O) groups is 2. The Morgan fingerprint density at radius 3 is 2.63 bits per heavy atom. The van der Waals surface area contributed by atoms with Gasteiger partial charge in [0.15, 0.2) is 5.65 Å². The molecule has 0 aliphatic heterocycles. The number of fused-ring (bicyclic) bond motifs is 1. The number of methoxy groups -OCH3 is 1. The summed E-state index contributed by atoms with van der Waals surface area (Å²) in [6.07, 6.45) is 1.65. The number of rotatable bonds is 5. The molecule has 0 radical (unpaired) electrons. The molecule has 1 N–H and O–H groups in total. The molecular formula is C22H20N4O3S. The third-order valence-corrected chi connectivity index (χ3v) is 5.55. The van der Waals surface area contributed by atoms with Gasteiger partial charge in [-0.2, -0.15) is 5.10 Å². The summed E-state index contributed by atoms with van der Waals surface area (Å²) < 4.78 is 6.59. The molecule has 4 rings (SSSR count). The van der Waals surface area contributed by atoms with E-state index in [0.29, 0.717) is 32.9 Å². The molecule has 0 saturated carbocycles. The van der Waals surface area contributed by atoms with Gasteiger partial charge in [-0.25, -0.2) is 14.5 Å². The van der Waals surface area contributed by atoms with Crippen LogP contribution in [0.4, 0.5) is 5.69 Å². The number of benzene rings is 1. The molecule has 3 heterocycles. The number of thiophene rings is 1. The van der Waals surface area contributed by atoms with Crippen molar-refractivity contribution in [1.82, 2.24) is 14.8 Å². The van der Waals surface area contributed by atoms with Gasteiger partial charge in [-0.3, -0.25) is 4.79 Å². The van der Waals surface area contributed by atoms with Crippen LogP contribution in [-0.4, -0.2) is 33.8 Å². The zero-order valence-corrected chi connectivity index (χ0v) is 17.6. The minimum Gasteiger partial charge on any atom is -0.465 e. The van der Waals surface area contributed by atoms with Crippen LogP contribution in [0.5, 0.6) is 0 Å². The molecule has 152 valence electrons. The summed E-state index contributed by atoms with van der Waals surface area (Å²) in [7, 11) is 1.31. The molecule has 0 aliphatic rings. The van der Waals surface area contributed by atoms with Crippen molar-refractivity contribution in [2.75, 3.05) is 12.4 Å². The number of anilines is 1. The molecule has 30 heavy (non-hydrogen) atoms. The van der Waals surface area contributed by atoms with Crippen LogP contribution in [-0.2, 0) is 4.74 Å². The lowest BCUT2D eigenvalue weighted by Gasteiger charge is -2.11. The standard InChI is InChI=1S/C22H20N4O3S/c1-13(2)26-20-16(12-23-26)15(11-18(24-20)14-7-5-4-6-8-14)21(27)25-17-9-10-30-19(17)22(28)29-3/h4-13H,1-3H3,(H,25,27). The summed E-state index contributed by atoms with van der Waals surface area (Å²) in [5.74, 6) is -0.829. The van der Waals surface area contributed by atoms with Gasteiger partial charge in [0.1, 0.15) is 4.88 Å². The number of hydrogen-bond acceptors (Lipinski definition) is 6. The molecule has 4 aromatic rings. The van der Waals surface area contributed by atoms with Gasteiger partial charge in [0, 0.05) is 11.6 Å². The van der Waals surface area contributed by atoms with Crippen LogP contribution in [0.2, 0.25) is 0 Å². The summed E-state index contributed by atoms with van der Waals surface area (Å²) >= 11 is 1.21. The van der Waals surface area contributed by atoms with E-state index in [2.05, 4.69) is 10.4 Å². The second-order valence-electron chi connectivity index (χ2n) is 6.95. The highest BCUT2D eigenvalue weighted by atomic mass is 32.1. The third kappa shape index (κ3) is 3.57. The number of aromatic nitrogens is 3. The number of ether oxygens (including phenoxy) is 1. The predicted octanol–water partition coefficient (Wildman–Crippen LogP) is 4.78. The van der Waals surface area contributed by atoms with Gasteiger partial charge in [0.25, 0.3) is 5.91 Å². The van der Waals surface area contributed by atoms with E-state index in [4.69, 9.17) is 9.72 Å². The summed E-state index contributed by atoms with van der Waals surface area (Å²) in [4.78, 5) is 30.3. The van der Waals surface area contributed by atoms with Crippen molar-refractivity contribution in [3.05, 3.63) is 64.5 Å². The van der Waals surface area contributed by atoms with Crippen molar-refractivity contribution in [3.63, 3.8) is 0 Å². The maximum absolute atomic E-state index is 13.2. The van der Waals surface area contributed by atoms with Crippen molar-refractivity contribution < 1.29 is 14.3 Å². The highest BCUT2D eigenvalue weighted by Crippen LogP contribution is 2.28. The van der Waals surface area contributed by atoms with E-state index < -0.39 is 5.97 Å². The molecule has 8 heteroatoms. The summed E-state index contributed by atoms with van der Waals surface area (Å²) in [6.45, 7) is 4.02. The van der Waals surface area contributed by atoms with E-state index in [1.807, 2.05) is 44.2 Å². The number of nitrogens with one attached hydrogen (secondary N) is 1. The largest absolute Gasteiger partial charge is 0.465 e. The molecule has 0 fully saturated rings. The monoisotopic (exact) mass is 420 g/mol. The summed E-state index contributed by atoms with van der Waals surface area (Å²) in [5.41, 5.74) is 3.06. The Morgan fingerprint density at radius 2 is 1.93 bits per heavy atom.